The van der Waals surface area contributed by atoms with Gasteiger partial charge in [0, 0.05) is 11.3 Å². The molecule has 0 heterocycles. The smallest absolute Gasteiger partial charge is 0.409 e. The molecule has 0 saturated carbocycles. The van der Waals surface area contributed by atoms with Crippen molar-refractivity contribution in [2.24, 2.45) is 0 Å². The van der Waals surface area contributed by atoms with Crippen molar-refractivity contribution in [2.45, 2.75) is 0 Å². The van der Waals surface area contributed by atoms with Crippen LogP contribution in [0.2, 0.25) is 0 Å². The standard InChI is InChI=1S/C9H7NO2/c1-2-7-4-3-5-8(6-7)10-9(11)12/h1,3-6,10H,(H,11,12). The zero-order valence-corrected chi connectivity index (χ0v) is 6.24. The molecule has 60 valence electrons. The molecule has 0 unspecified atom stereocenters. The molecule has 0 aliphatic carbocycles. The Bertz CT molecular complexity index is 339. The van der Waals surface area contributed by atoms with E-state index >= 15 is 0 Å². The summed E-state index contributed by atoms with van der Waals surface area (Å²) in [6.45, 7) is 0. The van der Waals surface area contributed by atoms with Crippen LogP contribution in [0.25, 0.3) is 0 Å². The van der Waals surface area contributed by atoms with E-state index in [9.17, 15) is 4.79 Å². The SMILES string of the molecule is C#Cc1cccc(NC(=O)O)c1. The van der Waals surface area contributed by atoms with E-state index in [0.29, 0.717) is 11.3 Å². The predicted molar refractivity (Wildman–Crippen MR) is 46.0 cm³/mol. The van der Waals surface area contributed by atoms with Gasteiger partial charge in [-0.25, -0.2) is 4.79 Å². The Kier molecular flexibility index (Phi) is 2.34. The second-order valence-electron chi connectivity index (χ2n) is 2.16. The Morgan fingerprint density at radius 2 is 2.33 bits per heavy atom. The van der Waals surface area contributed by atoms with Crippen molar-refractivity contribution >= 4 is 11.8 Å². The van der Waals surface area contributed by atoms with Crippen LogP contribution in [0.15, 0.2) is 24.3 Å². The summed E-state index contributed by atoms with van der Waals surface area (Å²) in [5.74, 6) is 2.41. The Labute approximate surface area is 70.0 Å². The van der Waals surface area contributed by atoms with Crippen molar-refractivity contribution in [3.05, 3.63) is 29.8 Å². The van der Waals surface area contributed by atoms with E-state index < -0.39 is 6.09 Å². The van der Waals surface area contributed by atoms with Crippen LogP contribution in [0.4, 0.5) is 10.5 Å². The summed E-state index contributed by atoms with van der Waals surface area (Å²) in [4.78, 5) is 10.2. The second-order valence-corrected chi connectivity index (χ2v) is 2.16. The number of amides is 1. The Balaban J connectivity index is 2.88. The summed E-state index contributed by atoms with van der Waals surface area (Å²) in [5, 5.41) is 10.6. The fraction of sp³-hybridized carbons (Fsp3) is 0. The molecule has 0 aliphatic heterocycles. The first-order chi connectivity index (χ1) is 5.72. The molecule has 3 nitrogen and oxygen atoms in total. The zero-order chi connectivity index (χ0) is 8.97. The molecule has 1 aromatic carbocycles. The molecule has 0 aromatic heterocycles. The Hall–Kier alpha value is -1.95. The maximum absolute atomic E-state index is 10.2. The minimum absolute atomic E-state index is 0.484. The molecule has 1 aromatic rings. The van der Waals surface area contributed by atoms with Gasteiger partial charge in [-0.3, -0.25) is 5.32 Å². The number of anilines is 1. The number of hydrogen-bond acceptors (Lipinski definition) is 1. The molecular weight excluding hydrogens is 154 g/mol. The van der Waals surface area contributed by atoms with Crippen LogP contribution in [0.3, 0.4) is 0 Å². The third-order valence-electron chi connectivity index (χ3n) is 1.28. The van der Waals surface area contributed by atoms with Gasteiger partial charge in [-0.2, -0.15) is 0 Å². The van der Waals surface area contributed by atoms with Gasteiger partial charge in [0.25, 0.3) is 0 Å². The average molecular weight is 161 g/mol. The van der Waals surface area contributed by atoms with Gasteiger partial charge in [0.05, 0.1) is 0 Å². The number of hydrogen-bond donors (Lipinski definition) is 2. The van der Waals surface area contributed by atoms with Crippen LogP contribution >= 0.6 is 0 Å². The number of terminal acetylenes is 1. The van der Waals surface area contributed by atoms with Gasteiger partial charge < -0.3 is 5.11 Å². The highest BCUT2D eigenvalue weighted by atomic mass is 16.4. The lowest BCUT2D eigenvalue weighted by Crippen LogP contribution is -2.06. The van der Waals surface area contributed by atoms with Crippen LogP contribution < -0.4 is 5.32 Å². The minimum Gasteiger partial charge on any atom is -0.465 e. The maximum Gasteiger partial charge on any atom is 0.409 e. The quantitative estimate of drug-likeness (QED) is 0.616. The lowest BCUT2D eigenvalue weighted by molar-refractivity contribution is 0.210. The van der Waals surface area contributed by atoms with Crippen LogP contribution in [-0.4, -0.2) is 11.2 Å². The van der Waals surface area contributed by atoms with Gasteiger partial charge in [-0.15, -0.1) is 6.42 Å². The van der Waals surface area contributed by atoms with Gasteiger partial charge in [0.1, 0.15) is 0 Å². The van der Waals surface area contributed by atoms with E-state index in [1.54, 1.807) is 24.3 Å². The third kappa shape index (κ3) is 2.03. The van der Waals surface area contributed by atoms with Gasteiger partial charge in [-0.1, -0.05) is 12.0 Å². The first-order valence-electron chi connectivity index (χ1n) is 3.29. The topological polar surface area (TPSA) is 49.3 Å². The molecule has 0 bridgehead atoms. The molecule has 1 rings (SSSR count). The number of benzene rings is 1. The molecule has 0 aliphatic rings. The van der Waals surface area contributed by atoms with E-state index in [1.807, 2.05) is 0 Å². The maximum atomic E-state index is 10.2. The minimum atomic E-state index is -1.09. The molecule has 1 amide bonds. The summed E-state index contributed by atoms with van der Waals surface area (Å²) < 4.78 is 0. The van der Waals surface area contributed by atoms with Crippen LogP contribution in [-0.2, 0) is 0 Å². The summed E-state index contributed by atoms with van der Waals surface area (Å²) in [6, 6.07) is 6.65. The van der Waals surface area contributed by atoms with Crippen molar-refractivity contribution in [3.8, 4) is 12.3 Å². The molecule has 0 spiro atoms. The predicted octanol–water partition coefficient (Wildman–Crippen LogP) is 1.76. The lowest BCUT2D eigenvalue weighted by Gasteiger charge is -1.99. The highest BCUT2D eigenvalue weighted by molar-refractivity contribution is 5.83. The van der Waals surface area contributed by atoms with Crippen molar-refractivity contribution in [3.63, 3.8) is 0 Å². The molecule has 12 heavy (non-hydrogen) atoms. The first kappa shape index (κ1) is 8.15. The lowest BCUT2D eigenvalue weighted by atomic mass is 10.2. The molecule has 0 saturated heterocycles. The third-order valence-corrected chi connectivity index (χ3v) is 1.28. The van der Waals surface area contributed by atoms with Gasteiger partial charge in [-0.05, 0) is 18.2 Å². The monoisotopic (exact) mass is 161 g/mol. The van der Waals surface area contributed by atoms with Crippen molar-refractivity contribution in [2.75, 3.05) is 5.32 Å². The largest absolute Gasteiger partial charge is 0.465 e. The van der Waals surface area contributed by atoms with E-state index in [-0.39, 0.29) is 0 Å². The number of carboxylic acid groups (broad SMARTS) is 1. The molecule has 0 radical (unpaired) electrons. The number of rotatable bonds is 1. The summed E-state index contributed by atoms with van der Waals surface area (Å²) in [7, 11) is 0. The van der Waals surface area contributed by atoms with Crippen LogP contribution in [0.5, 0.6) is 0 Å². The van der Waals surface area contributed by atoms with Gasteiger partial charge in [0.2, 0.25) is 0 Å². The van der Waals surface area contributed by atoms with Crippen LogP contribution in [0, 0.1) is 12.3 Å². The zero-order valence-electron chi connectivity index (χ0n) is 6.24. The summed E-state index contributed by atoms with van der Waals surface area (Å²) in [5.41, 5.74) is 1.14. The normalized spacial score (nSPS) is 8.58. The Morgan fingerprint density at radius 3 is 2.92 bits per heavy atom. The fourth-order valence-electron chi connectivity index (χ4n) is 0.810. The summed E-state index contributed by atoms with van der Waals surface area (Å²) in [6.07, 6.45) is 4.03. The van der Waals surface area contributed by atoms with Crippen molar-refractivity contribution < 1.29 is 9.90 Å². The fourth-order valence-corrected chi connectivity index (χ4v) is 0.810. The van der Waals surface area contributed by atoms with E-state index in [0.717, 1.165) is 0 Å². The highest BCUT2D eigenvalue weighted by Gasteiger charge is 1.96. The molecular formula is C9H7NO2. The average Bonchev–Trinajstić information content (AvgIpc) is 2.03. The first-order valence-corrected chi connectivity index (χ1v) is 3.29. The van der Waals surface area contributed by atoms with Crippen molar-refractivity contribution in [1.82, 2.24) is 0 Å². The van der Waals surface area contributed by atoms with Gasteiger partial charge >= 0.3 is 6.09 Å². The number of nitrogens with one attached hydrogen (secondary N) is 1. The van der Waals surface area contributed by atoms with Gasteiger partial charge in [0.15, 0.2) is 0 Å². The van der Waals surface area contributed by atoms with E-state index in [4.69, 9.17) is 11.5 Å². The highest BCUT2D eigenvalue weighted by Crippen LogP contribution is 2.08. The molecule has 0 atom stereocenters. The molecule has 3 heteroatoms. The molecule has 2 N–H and O–H groups in total. The Morgan fingerprint density at radius 1 is 1.58 bits per heavy atom. The van der Waals surface area contributed by atoms with E-state index in [2.05, 4.69) is 11.2 Å². The van der Waals surface area contributed by atoms with Crippen molar-refractivity contribution in [1.29, 1.82) is 0 Å². The molecule has 0 fully saturated rings. The van der Waals surface area contributed by atoms with Crippen LogP contribution in [0.1, 0.15) is 5.56 Å². The summed E-state index contributed by atoms with van der Waals surface area (Å²) >= 11 is 0. The van der Waals surface area contributed by atoms with E-state index in [1.165, 1.54) is 0 Å². The number of carbonyl (C=O) groups is 1. The second kappa shape index (κ2) is 3.44.